The number of benzene rings is 2. The second kappa shape index (κ2) is 7.18. The summed E-state index contributed by atoms with van der Waals surface area (Å²) in [6.45, 7) is 4.23. The number of hydrogen-bond donors (Lipinski definition) is 2. The van der Waals surface area contributed by atoms with Crippen molar-refractivity contribution in [1.29, 1.82) is 0 Å². The monoisotopic (exact) mass is 332 g/mol. The van der Waals surface area contributed by atoms with E-state index >= 15 is 0 Å². The molecule has 0 unspecified atom stereocenters. The number of pyridine rings is 1. The average Bonchev–Trinajstić information content (AvgIpc) is 2.62. The van der Waals surface area contributed by atoms with Crippen LogP contribution in [0.4, 0.5) is 5.69 Å². The molecule has 1 heterocycles. The minimum atomic E-state index is -0.419. The van der Waals surface area contributed by atoms with Gasteiger partial charge in [0.25, 0.3) is 11.5 Å². The first-order chi connectivity index (χ1) is 12.1. The standard InChI is InChI=1S/C21H20N2O2/c1-14(2)15-8-10-17(11-9-15)23-21(25)19-18(12-13-22-20(19)24)16-6-4-3-5-7-16/h3-14H,1-2H3,(H,22,24)(H,23,25). The van der Waals surface area contributed by atoms with Crippen molar-refractivity contribution in [3.63, 3.8) is 0 Å². The van der Waals surface area contributed by atoms with E-state index in [0.717, 1.165) is 5.56 Å². The summed E-state index contributed by atoms with van der Waals surface area (Å²) in [5.74, 6) is 0.00408. The molecule has 25 heavy (non-hydrogen) atoms. The predicted molar refractivity (Wildman–Crippen MR) is 101 cm³/mol. The maximum Gasteiger partial charge on any atom is 0.261 e. The van der Waals surface area contributed by atoms with Crippen LogP contribution in [0.2, 0.25) is 0 Å². The maximum absolute atomic E-state index is 12.7. The lowest BCUT2D eigenvalue weighted by Gasteiger charge is -2.11. The van der Waals surface area contributed by atoms with Gasteiger partial charge >= 0.3 is 0 Å². The van der Waals surface area contributed by atoms with Gasteiger partial charge in [0.1, 0.15) is 5.56 Å². The molecule has 3 aromatic rings. The number of hydrogen-bond acceptors (Lipinski definition) is 2. The summed E-state index contributed by atoms with van der Waals surface area (Å²) in [7, 11) is 0. The third-order valence-corrected chi connectivity index (χ3v) is 4.11. The Labute approximate surface area is 146 Å². The van der Waals surface area contributed by atoms with E-state index in [2.05, 4.69) is 24.1 Å². The molecule has 126 valence electrons. The van der Waals surface area contributed by atoms with Crippen LogP contribution in [-0.2, 0) is 0 Å². The average molecular weight is 332 g/mol. The first-order valence-corrected chi connectivity index (χ1v) is 8.24. The maximum atomic E-state index is 12.7. The molecule has 0 radical (unpaired) electrons. The highest BCUT2D eigenvalue weighted by molar-refractivity contribution is 6.08. The third-order valence-electron chi connectivity index (χ3n) is 4.11. The fraction of sp³-hybridized carbons (Fsp3) is 0.143. The van der Waals surface area contributed by atoms with Crippen molar-refractivity contribution in [2.45, 2.75) is 19.8 Å². The second-order valence-corrected chi connectivity index (χ2v) is 6.19. The lowest BCUT2D eigenvalue weighted by molar-refractivity contribution is 0.102. The first-order valence-electron chi connectivity index (χ1n) is 8.24. The van der Waals surface area contributed by atoms with Gasteiger partial charge in [-0.3, -0.25) is 9.59 Å². The van der Waals surface area contributed by atoms with Gasteiger partial charge in [0.05, 0.1) is 0 Å². The van der Waals surface area contributed by atoms with Crippen molar-refractivity contribution in [2.75, 3.05) is 5.32 Å². The summed E-state index contributed by atoms with van der Waals surface area (Å²) in [4.78, 5) is 27.6. The van der Waals surface area contributed by atoms with Gasteiger partial charge in [-0.2, -0.15) is 0 Å². The SMILES string of the molecule is CC(C)c1ccc(NC(=O)c2c(-c3ccccc3)cc[nH]c2=O)cc1. The first kappa shape index (κ1) is 16.7. The zero-order chi connectivity index (χ0) is 17.8. The van der Waals surface area contributed by atoms with Crippen LogP contribution in [0.3, 0.4) is 0 Å². The summed E-state index contributed by atoms with van der Waals surface area (Å²) in [6.07, 6.45) is 1.55. The quantitative estimate of drug-likeness (QED) is 0.743. The topological polar surface area (TPSA) is 62.0 Å². The normalized spacial score (nSPS) is 10.7. The summed E-state index contributed by atoms with van der Waals surface area (Å²) in [5, 5.41) is 2.82. The molecule has 3 rings (SSSR count). The molecule has 0 spiro atoms. The Balaban J connectivity index is 1.94. The molecule has 0 saturated heterocycles. The molecule has 0 fully saturated rings. The Morgan fingerprint density at radius 2 is 1.64 bits per heavy atom. The minimum absolute atomic E-state index is 0.113. The number of aromatic nitrogens is 1. The second-order valence-electron chi connectivity index (χ2n) is 6.19. The van der Waals surface area contributed by atoms with E-state index in [-0.39, 0.29) is 5.56 Å². The summed E-state index contributed by atoms with van der Waals surface area (Å²) in [5.41, 5.74) is 3.01. The van der Waals surface area contributed by atoms with Crippen LogP contribution in [0, 0.1) is 0 Å². The molecular weight excluding hydrogens is 312 g/mol. The number of carbonyl (C=O) groups excluding carboxylic acids is 1. The van der Waals surface area contributed by atoms with Crippen LogP contribution >= 0.6 is 0 Å². The Kier molecular flexibility index (Phi) is 4.80. The van der Waals surface area contributed by atoms with Gasteiger partial charge in [0.15, 0.2) is 0 Å². The highest BCUT2D eigenvalue weighted by Crippen LogP contribution is 2.22. The fourth-order valence-electron chi connectivity index (χ4n) is 2.71. The number of aromatic amines is 1. The predicted octanol–water partition coefficient (Wildman–Crippen LogP) is 4.42. The van der Waals surface area contributed by atoms with E-state index in [9.17, 15) is 9.59 Å². The zero-order valence-electron chi connectivity index (χ0n) is 14.2. The van der Waals surface area contributed by atoms with Crippen LogP contribution in [0.1, 0.15) is 35.7 Å². The number of anilines is 1. The molecule has 4 nitrogen and oxygen atoms in total. The molecule has 4 heteroatoms. The number of carbonyl (C=O) groups is 1. The van der Waals surface area contributed by atoms with Gasteiger partial charge in [-0.15, -0.1) is 0 Å². The molecule has 1 amide bonds. The molecule has 0 saturated carbocycles. The Morgan fingerprint density at radius 1 is 0.960 bits per heavy atom. The van der Waals surface area contributed by atoms with Crippen molar-refractivity contribution in [1.82, 2.24) is 4.98 Å². The Bertz CT molecular complexity index is 926. The minimum Gasteiger partial charge on any atom is -0.328 e. The van der Waals surface area contributed by atoms with E-state index in [1.165, 1.54) is 5.56 Å². The number of H-pyrrole nitrogens is 1. The Hall–Kier alpha value is -3.14. The van der Waals surface area contributed by atoms with E-state index in [1.807, 2.05) is 54.6 Å². The largest absolute Gasteiger partial charge is 0.328 e. The molecule has 0 aliphatic rings. The van der Waals surface area contributed by atoms with E-state index in [0.29, 0.717) is 17.2 Å². The van der Waals surface area contributed by atoms with Crippen LogP contribution in [0.15, 0.2) is 71.7 Å². The van der Waals surface area contributed by atoms with E-state index in [1.54, 1.807) is 12.3 Å². The zero-order valence-corrected chi connectivity index (χ0v) is 14.2. The summed E-state index contributed by atoms with van der Waals surface area (Å²) in [6, 6.07) is 18.8. The van der Waals surface area contributed by atoms with Crippen molar-refractivity contribution < 1.29 is 4.79 Å². The smallest absolute Gasteiger partial charge is 0.261 e. The molecule has 0 aliphatic carbocycles. The number of nitrogens with one attached hydrogen (secondary N) is 2. The van der Waals surface area contributed by atoms with Crippen molar-refractivity contribution in [3.8, 4) is 11.1 Å². The fourth-order valence-corrected chi connectivity index (χ4v) is 2.71. The molecule has 0 aliphatic heterocycles. The van der Waals surface area contributed by atoms with Gasteiger partial charge in [-0.05, 0) is 35.2 Å². The van der Waals surface area contributed by atoms with Crippen molar-refractivity contribution >= 4 is 11.6 Å². The van der Waals surface area contributed by atoms with Gasteiger partial charge in [-0.1, -0.05) is 56.3 Å². The summed E-state index contributed by atoms with van der Waals surface area (Å²) >= 11 is 0. The highest BCUT2D eigenvalue weighted by Gasteiger charge is 2.17. The number of rotatable bonds is 4. The van der Waals surface area contributed by atoms with Crippen LogP contribution in [0.5, 0.6) is 0 Å². The molecule has 0 atom stereocenters. The molecule has 2 N–H and O–H groups in total. The lowest BCUT2D eigenvalue weighted by atomic mass is 10.0. The molecule has 2 aromatic carbocycles. The highest BCUT2D eigenvalue weighted by atomic mass is 16.2. The third kappa shape index (κ3) is 3.69. The summed E-state index contributed by atoms with van der Waals surface area (Å²) < 4.78 is 0. The van der Waals surface area contributed by atoms with Gasteiger partial charge in [0.2, 0.25) is 0 Å². The van der Waals surface area contributed by atoms with Gasteiger partial charge in [0, 0.05) is 17.4 Å². The molecule has 0 bridgehead atoms. The van der Waals surface area contributed by atoms with E-state index < -0.39 is 11.5 Å². The Morgan fingerprint density at radius 3 is 2.28 bits per heavy atom. The van der Waals surface area contributed by atoms with Crippen LogP contribution in [-0.4, -0.2) is 10.9 Å². The van der Waals surface area contributed by atoms with Crippen molar-refractivity contribution in [3.05, 3.63) is 88.3 Å². The van der Waals surface area contributed by atoms with Gasteiger partial charge < -0.3 is 10.3 Å². The lowest BCUT2D eigenvalue weighted by Crippen LogP contribution is -2.24. The van der Waals surface area contributed by atoms with Crippen LogP contribution < -0.4 is 10.9 Å². The number of amides is 1. The van der Waals surface area contributed by atoms with E-state index in [4.69, 9.17) is 0 Å². The molecule has 1 aromatic heterocycles. The van der Waals surface area contributed by atoms with Gasteiger partial charge in [-0.25, -0.2) is 0 Å². The van der Waals surface area contributed by atoms with Crippen LogP contribution in [0.25, 0.3) is 11.1 Å². The van der Waals surface area contributed by atoms with Crippen molar-refractivity contribution in [2.24, 2.45) is 0 Å². The molecular formula is C21H20N2O2.